The Hall–Kier alpha value is -3.25. The minimum atomic E-state index is -0.185. The lowest BCUT2D eigenvalue weighted by Crippen LogP contribution is -2.45. The summed E-state index contributed by atoms with van der Waals surface area (Å²) in [5, 5.41) is 2.94. The number of para-hydroxylation sites is 1. The van der Waals surface area contributed by atoms with Gasteiger partial charge in [0.2, 0.25) is 0 Å². The number of nitrogens with zero attached hydrogens (tertiary/aromatic N) is 2. The van der Waals surface area contributed by atoms with Crippen LogP contribution in [0.5, 0.6) is 5.75 Å². The van der Waals surface area contributed by atoms with Crippen molar-refractivity contribution in [3.05, 3.63) is 82.8 Å². The van der Waals surface area contributed by atoms with Crippen LogP contribution in [-0.4, -0.2) is 50.6 Å². The van der Waals surface area contributed by atoms with Crippen LogP contribution in [0.3, 0.4) is 0 Å². The summed E-state index contributed by atoms with van der Waals surface area (Å²) in [5.74, 6) is 1.84. The van der Waals surface area contributed by atoms with Gasteiger partial charge in [0.1, 0.15) is 11.5 Å². The van der Waals surface area contributed by atoms with Crippen LogP contribution in [0.25, 0.3) is 0 Å². The molecule has 6 heteroatoms. The van der Waals surface area contributed by atoms with Crippen LogP contribution in [0.4, 0.5) is 5.69 Å². The summed E-state index contributed by atoms with van der Waals surface area (Å²) in [7, 11) is 1.66. The van der Waals surface area contributed by atoms with Crippen molar-refractivity contribution in [2.45, 2.75) is 26.8 Å². The molecule has 0 atom stereocenters. The number of hydrogen-bond donors (Lipinski definition) is 1. The summed E-state index contributed by atoms with van der Waals surface area (Å²) in [5.41, 5.74) is 5.03. The average Bonchev–Trinajstić information content (AvgIpc) is 3.30. The van der Waals surface area contributed by atoms with Gasteiger partial charge in [-0.3, -0.25) is 9.69 Å². The van der Waals surface area contributed by atoms with Crippen molar-refractivity contribution in [1.82, 2.24) is 10.2 Å². The van der Waals surface area contributed by atoms with Gasteiger partial charge >= 0.3 is 0 Å². The number of ether oxygens (including phenoxy) is 1. The van der Waals surface area contributed by atoms with E-state index < -0.39 is 0 Å². The molecule has 0 unspecified atom stereocenters. The van der Waals surface area contributed by atoms with E-state index in [-0.39, 0.29) is 5.91 Å². The molecule has 174 valence electrons. The maximum absolute atomic E-state index is 12.5. The van der Waals surface area contributed by atoms with Crippen LogP contribution in [0.2, 0.25) is 0 Å². The Morgan fingerprint density at radius 3 is 2.55 bits per heavy atom. The molecule has 3 aromatic rings. The predicted molar refractivity (Wildman–Crippen MR) is 131 cm³/mol. The summed E-state index contributed by atoms with van der Waals surface area (Å²) in [6, 6.07) is 18.2. The zero-order valence-corrected chi connectivity index (χ0v) is 19.8. The molecule has 1 aliphatic heterocycles. The van der Waals surface area contributed by atoms with Gasteiger partial charge in [-0.2, -0.15) is 0 Å². The van der Waals surface area contributed by atoms with E-state index in [0.29, 0.717) is 18.7 Å². The highest BCUT2D eigenvalue weighted by Crippen LogP contribution is 2.21. The van der Waals surface area contributed by atoms with E-state index >= 15 is 0 Å². The first-order valence-corrected chi connectivity index (χ1v) is 11.6. The number of furan rings is 1. The molecule has 1 amide bonds. The van der Waals surface area contributed by atoms with Gasteiger partial charge < -0.3 is 19.4 Å². The van der Waals surface area contributed by atoms with Gasteiger partial charge in [0.05, 0.1) is 13.7 Å². The molecule has 1 aromatic heterocycles. The van der Waals surface area contributed by atoms with Crippen molar-refractivity contribution in [1.29, 1.82) is 0 Å². The summed E-state index contributed by atoms with van der Waals surface area (Å²) in [6.07, 6.45) is 0.702. The number of rotatable bonds is 8. The minimum absolute atomic E-state index is 0.185. The number of piperazine rings is 1. The van der Waals surface area contributed by atoms with E-state index in [4.69, 9.17) is 9.15 Å². The lowest BCUT2D eigenvalue weighted by Gasteiger charge is -2.36. The number of benzene rings is 2. The van der Waals surface area contributed by atoms with Gasteiger partial charge in [-0.05, 0) is 67.3 Å². The summed E-state index contributed by atoms with van der Waals surface area (Å²) < 4.78 is 11.2. The van der Waals surface area contributed by atoms with E-state index in [1.807, 2.05) is 30.3 Å². The molecule has 0 radical (unpaired) electrons. The van der Waals surface area contributed by atoms with Crippen LogP contribution in [0, 0.1) is 13.8 Å². The average molecular weight is 448 g/mol. The quantitative estimate of drug-likeness (QED) is 0.561. The molecule has 2 heterocycles. The molecule has 2 aromatic carbocycles. The normalized spacial score (nSPS) is 14.3. The van der Waals surface area contributed by atoms with Crippen LogP contribution in [0.1, 0.15) is 33.0 Å². The monoisotopic (exact) mass is 447 g/mol. The van der Waals surface area contributed by atoms with Crippen LogP contribution in [-0.2, 0) is 13.0 Å². The molecule has 1 fully saturated rings. The third-order valence-corrected chi connectivity index (χ3v) is 6.37. The van der Waals surface area contributed by atoms with Gasteiger partial charge in [0.15, 0.2) is 5.76 Å². The zero-order chi connectivity index (χ0) is 23.2. The third-order valence-electron chi connectivity index (χ3n) is 6.37. The van der Waals surface area contributed by atoms with E-state index in [0.717, 1.165) is 49.8 Å². The Balaban J connectivity index is 1.24. The Bertz CT molecular complexity index is 1080. The second kappa shape index (κ2) is 10.6. The first-order chi connectivity index (χ1) is 16.0. The fourth-order valence-corrected chi connectivity index (χ4v) is 4.20. The lowest BCUT2D eigenvalue weighted by molar-refractivity contribution is 0.0922. The zero-order valence-electron chi connectivity index (χ0n) is 19.8. The molecule has 33 heavy (non-hydrogen) atoms. The fourth-order valence-electron chi connectivity index (χ4n) is 4.20. The predicted octanol–water partition coefficient (Wildman–Crippen LogP) is 4.20. The molecule has 1 aliphatic rings. The summed E-state index contributed by atoms with van der Waals surface area (Å²) >= 11 is 0. The second-order valence-electron chi connectivity index (χ2n) is 8.62. The number of nitrogens with one attached hydrogen (secondary N) is 1. The molecule has 6 nitrogen and oxygen atoms in total. The smallest absolute Gasteiger partial charge is 0.287 e. The number of methoxy groups -OCH3 is 1. The Labute approximate surface area is 196 Å². The number of carbonyl (C=O) groups excluding carboxylic acids is 1. The van der Waals surface area contributed by atoms with Gasteiger partial charge in [0.25, 0.3) is 5.91 Å². The minimum Gasteiger partial charge on any atom is -0.496 e. The van der Waals surface area contributed by atoms with E-state index in [2.05, 4.69) is 47.2 Å². The SMILES string of the molecule is COc1ccccc1CCNC(=O)c1ccc(CN2CCN(c3ccc(C)c(C)c3)CC2)o1. The Morgan fingerprint density at radius 2 is 1.79 bits per heavy atom. The van der Waals surface area contributed by atoms with Crippen molar-refractivity contribution >= 4 is 11.6 Å². The Kier molecular flexibility index (Phi) is 7.35. The van der Waals surface area contributed by atoms with E-state index in [9.17, 15) is 4.79 Å². The summed E-state index contributed by atoms with van der Waals surface area (Å²) in [4.78, 5) is 17.3. The number of anilines is 1. The van der Waals surface area contributed by atoms with Gasteiger partial charge in [-0.1, -0.05) is 24.3 Å². The van der Waals surface area contributed by atoms with Crippen molar-refractivity contribution in [2.75, 3.05) is 44.7 Å². The number of carbonyl (C=O) groups is 1. The Morgan fingerprint density at radius 1 is 1.00 bits per heavy atom. The van der Waals surface area contributed by atoms with Gasteiger partial charge in [-0.15, -0.1) is 0 Å². The lowest BCUT2D eigenvalue weighted by atomic mass is 10.1. The van der Waals surface area contributed by atoms with Crippen molar-refractivity contribution < 1.29 is 13.9 Å². The molecule has 1 saturated heterocycles. The van der Waals surface area contributed by atoms with Gasteiger partial charge in [-0.25, -0.2) is 0 Å². The molecule has 0 aliphatic carbocycles. The van der Waals surface area contributed by atoms with Crippen LogP contribution in [0.15, 0.2) is 59.0 Å². The first-order valence-electron chi connectivity index (χ1n) is 11.6. The molecule has 1 N–H and O–H groups in total. The highest BCUT2D eigenvalue weighted by atomic mass is 16.5. The molecule has 0 saturated carbocycles. The summed E-state index contributed by atoms with van der Waals surface area (Å²) in [6.45, 7) is 9.46. The van der Waals surface area contributed by atoms with Crippen molar-refractivity contribution in [3.8, 4) is 5.75 Å². The standard InChI is InChI=1S/C27H33N3O3/c1-20-8-9-23(18-21(20)2)30-16-14-29(15-17-30)19-24-10-11-26(33-24)27(31)28-13-12-22-6-4-5-7-25(22)32-3/h4-11,18H,12-17,19H2,1-3H3,(H,28,31). The molecule has 0 bridgehead atoms. The third kappa shape index (κ3) is 5.76. The molecule has 0 spiro atoms. The maximum Gasteiger partial charge on any atom is 0.287 e. The fraction of sp³-hybridized carbons (Fsp3) is 0.370. The van der Waals surface area contributed by atoms with E-state index in [1.54, 1.807) is 13.2 Å². The second-order valence-corrected chi connectivity index (χ2v) is 8.62. The molecular weight excluding hydrogens is 414 g/mol. The highest BCUT2D eigenvalue weighted by molar-refractivity contribution is 5.91. The first kappa shape index (κ1) is 22.9. The van der Waals surface area contributed by atoms with Crippen molar-refractivity contribution in [2.24, 2.45) is 0 Å². The van der Waals surface area contributed by atoms with E-state index in [1.165, 1.54) is 16.8 Å². The highest BCUT2D eigenvalue weighted by Gasteiger charge is 2.19. The van der Waals surface area contributed by atoms with Crippen LogP contribution >= 0.6 is 0 Å². The maximum atomic E-state index is 12.5. The number of hydrogen-bond acceptors (Lipinski definition) is 5. The topological polar surface area (TPSA) is 58.0 Å². The molecule has 4 rings (SSSR count). The molecular formula is C27H33N3O3. The van der Waals surface area contributed by atoms with Crippen LogP contribution < -0.4 is 15.0 Å². The number of amides is 1. The van der Waals surface area contributed by atoms with Crippen molar-refractivity contribution in [3.63, 3.8) is 0 Å². The largest absolute Gasteiger partial charge is 0.496 e. The number of aryl methyl sites for hydroxylation is 2. The van der Waals surface area contributed by atoms with Gasteiger partial charge in [0, 0.05) is 38.4 Å².